The number of hydrogen-bond donors (Lipinski definition) is 1. The Kier molecular flexibility index (Phi) is 5.05. The second kappa shape index (κ2) is 7.40. The molecule has 1 aliphatic carbocycles. The van der Waals surface area contributed by atoms with Gasteiger partial charge < -0.3 is 9.47 Å². The Morgan fingerprint density at radius 1 is 1.17 bits per heavy atom. The standard InChI is InChI=1S/C19H19ClN4O4S/c1-10-17(29(25,26)24-12-5-6-12)16(20)13-7-4-11(8-15(13)22-10)14-9-21-19(28-3)23-18(14)27-2/h4,7-9,12,24H,5-6H2,1-3H3. The van der Waals surface area contributed by atoms with E-state index in [2.05, 4.69) is 19.7 Å². The molecule has 0 spiro atoms. The first-order valence-corrected chi connectivity index (χ1v) is 10.8. The summed E-state index contributed by atoms with van der Waals surface area (Å²) in [5, 5.41) is 0.704. The van der Waals surface area contributed by atoms with Gasteiger partial charge >= 0.3 is 6.01 Å². The van der Waals surface area contributed by atoms with Gasteiger partial charge in [-0.1, -0.05) is 23.7 Å². The van der Waals surface area contributed by atoms with Crippen LogP contribution in [0.3, 0.4) is 0 Å². The highest BCUT2D eigenvalue weighted by atomic mass is 35.5. The van der Waals surface area contributed by atoms with Crippen LogP contribution in [0, 0.1) is 6.92 Å². The number of halogens is 1. The van der Waals surface area contributed by atoms with Crippen molar-refractivity contribution in [3.8, 4) is 23.0 Å². The van der Waals surface area contributed by atoms with Gasteiger partial charge in [-0.2, -0.15) is 4.98 Å². The van der Waals surface area contributed by atoms with Gasteiger partial charge in [0.2, 0.25) is 15.9 Å². The van der Waals surface area contributed by atoms with Gasteiger partial charge in [-0.3, -0.25) is 4.98 Å². The number of sulfonamides is 1. The molecule has 0 amide bonds. The van der Waals surface area contributed by atoms with Gasteiger partial charge in [0.15, 0.2) is 0 Å². The highest BCUT2D eigenvalue weighted by Crippen LogP contribution is 2.36. The Bertz CT molecular complexity index is 1210. The van der Waals surface area contributed by atoms with E-state index in [1.54, 1.807) is 31.3 Å². The number of nitrogens with one attached hydrogen (secondary N) is 1. The lowest BCUT2D eigenvalue weighted by atomic mass is 10.1. The van der Waals surface area contributed by atoms with E-state index in [-0.39, 0.29) is 22.0 Å². The molecule has 2 aromatic heterocycles. The van der Waals surface area contributed by atoms with Gasteiger partial charge in [0, 0.05) is 17.6 Å². The molecule has 1 saturated carbocycles. The Morgan fingerprint density at radius 3 is 2.59 bits per heavy atom. The molecule has 152 valence electrons. The summed E-state index contributed by atoms with van der Waals surface area (Å²) in [4.78, 5) is 12.8. The van der Waals surface area contributed by atoms with Crippen LogP contribution in [-0.4, -0.2) is 43.6 Å². The summed E-state index contributed by atoms with van der Waals surface area (Å²) in [7, 11) is -0.744. The maximum Gasteiger partial charge on any atom is 0.319 e. The third-order valence-electron chi connectivity index (χ3n) is 4.64. The maximum absolute atomic E-state index is 12.7. The summed E-state index contributed by atoms with van der Waals surface area (Å²) in [5.74, 6) is 0.354. The Labute approximate surface area is 173 Å². The molecule has 0 radical (unpaired) electrons. The molecule has 1 N–H and O–H groups in total. The van der Waals surface area contributed by atoms with Crippen LogP contribution >= 0.6 is 11.6 Å². The van der Waals surface area contributed by atoms with Crippen molar-refractivity contribution in [1.29, 1.82) is 0 Å². The van der Waals surface area contributed by atoms with E-state index in [0.29, 0.717) is 28.0 Å². The average Bonchev–Trinajstić information content (AvgIpc) is 3.49. The van der Waals surface area contributed by atoms with E-state index in [9.17, 15) is 8.42 Å². The quantitative estimate of drug-likeness (QED) is 0.635. The normalized spacial score (nSPS) is 14.2. The van der Waals surface area contributed by atoms with Crippen LogP contribution in [0.2, 0.25) is 5.02 Å². The third kappa shape index (κ3) is 3.73. The van der Waals surface area contributed by atoms with Crippen molar-refractivity contribution in [3.63, 3.8) is 0 Å². The number of aryl methyl sites for hydroxylation is 1. The van der Waals surface area contributed by atoms with Crippen molar-refractivity contribution in [2.75, 3.05) is 14.2 Å². The zero-order valence-electron chi connectivity index (χ0n) is 16.1. The molecular formula is C19H19ClN4O4S. The Balaban J connectivity index is 1.83. The SMILES string of the molecule is COc1ncc(-c2ccc3c(Cl)c(S(=O)(=O)NC4CC4)c(C)nc3c2)c(OC)n1. The first kappa shape index (κ1) is 19.8. The van der Waals surface area contributed by atoms with Crippen LogP contribution < -0.4 is 14.2 Å². The molecule has 29 heavy (non-hydrogen) atoms. The molecule has 0 unspecified atom stereocenters. The lowest BCUT2D eigenvalue weighted by Crippen LogP contribution is -2.27. The fourth-order valence-corrected chi connectivity index (χ4v) is 5.26. The first-order chi connectivity index (χ1) is 13.8. The highest BCUT2D eigenvalue weighted by Gasteiger charge is 2.31. The van der Waals surface area contributed by atoms with E-state index >= 15 is 0 Å². The number of hydrogen-bond acceptors (Lipinski definition) is 7. The smallest absolute Gasteiger partial charge is 0.319 e. The first-order valence-electron chi connectivity index (χ1n) is 8.91. The van der Waals surface area contributed by atoms with Crippen molar-refractivity contribution in [1.82, 2.24) is 19.7 Å². The second-order valence-electron chi connectivity index (χ2n) is 6.75. The van der Waals surface area contributed by atoms with E-state index in [1.165, 1.54) is 14.2 Å². The molecule has 1 aromatic carbocycles. The fraction of sp³-hybridized carbons (Fsp3) is 0.316. The maximum atomic E-state index is 12.7. The van der Waals surface area contributed by atoms with Crippen molar-refractivity contribution in [3.05, 3.63) is 35.1 Å². The van der Waals surface area contributed by atoms with Crippen molar-refractivity contribution in [2.45, 2.75) is 30.7 Å². The molecule has 1 fully saturated rings. The van der Waals surface area contributed by atoms with Crippen molar-refractivity contribution < 1.29 is 17.9 Å². The van der Waals surface area contributed by atoms with Gasteiger partial charge in [0.25, 0.3) is 0 Å². The largest absolute Gasteiger partial charge is 0.480 e. The number of aromatic nitrogens is 3. The van der Waals surface area contributed by atoms with Crippen LogP contribution in [0.4, 0.5) is 0 Å². The Hall–Kier alpha value is -2.49. The van der Waals surface area contributed by atoms with Crippen molar-refractivity contribution >= 4 is 32.5 Å². The summed E-state index contributed by atoms with van der Waals surface area (Å²) in [6.45, 7) is 1.64. The molecule has 8 nitrogen and oxygen atoms in total. The predicted molar refractivity (Wildman–Crippen MR) is 109 cm³/mol. The second-order valence-corrected chi connectivity index (χ2v) is 8.78. The number of methoxy groups -OCH3 is 2. The minimum atomic E-state index is -3.73. The van der Waals surface area contributed by atoms with E-state index in [4.69, 9.17) is 21.1 Å². The molecule has 0 atom stereocenters. The van der Waals surface area contributed by atoms with E-state index in [1.807, 2.05) is 0 Å². The number of nitrogens with zero attached hydrogens (tertiary/aromatic N) is 3. The lowest BCUT2D eigenvalue weighted by molar-refractivity contribution is 0.353. The number of rotatable bonds is 6. The summed E-state index contributed by atoms with van der Waals surface area (Å²) in [6, 6.07) is 5.51. The fourth-order valence-electron chi connectivity index (χ4n) is 3.08. The van der Waals surface area contributed by atoms with E-state index < -0.39 is 10.0 Å². The highest BCUT2D eigenvalue weighted by molar-refractivity contribution is 7.89. The predicted octanol–water partition coefficient (Wildman–Crippen LogP) is 3.11. The minimum Gasteiger partial charge on any atom is -0.480 e. The van der Waals surface area contributed by atoms with Gasteiger partial charge in [0.05, 0.1) is 36.0 Å². The van der Waals surface area contributed by atoms with Gasteiger partial charge in [-0.05, 0) is 31.4 Å². The number of fused-ring (bicyclic) bond motifs is 1. The van der Waals surface area contributed by atoms with Crippen LogP contribution in [0.25, 0.3) is 22.0 Å². The molecule has 0 saturated heterocycles. The lowest BCUT2D eigenvalue weighted by Gasteiger charge is -2.13. The summed E-state index contributed by atoms with van der Waals surface area (Å²) >= 11 is 6.51. The van der Waals surface area contributed by atoms with Crippen LogP contribution in [0.1, 0.15) is 18.5 Å². The molecule has 0 bridgehead atoms. The molecule has 10 heteroatoms. The van der Waals surface area contributed by atoms with Gasteiger partial charge in [-0.15, -0.1) is 0 Å². The average molecular weight is 435 g/mol. The van der Waals surface area contributed by atoms with Crippen LogP contribution in [0.5, 0.6) is 11.9 Å². The molecule has 2 heterocycles. The molecular weight excluding hydrogens is 416 g/mol. The third-order valence-corrected chi connectivity index (χ3v) is 6.82. The molecule has 1 aliphatic rings. The zero-order valence-corrected chi connectivity index (χ0v) is 17.6. The number of pyridine rings is 1. The van der Waals surface area contributed by atoms with Crippen LogP contribution in [0.15, 0.2) is 29.3 Å². The van der Waals surface area contributed by atoms with Crippen molar-refractivity contribution in [2.24, 2.45) is 0 Å². The summed E-state index contributed by atoms with van der Waals surface area (Å²) < 4.78 is 38.5. The summed E-state index contributed by atoms with van der Waals surface area (Å²) in [5.41, 5.74) is 2.31. The minimum absolute atomic E-state index is 0.0175. The van der Waals surface area contributed by atoms with Gasteiger partial charge in [0.1, 0.15) is 4.90 Å². The number of benzene rings is 1. The monoisotopic (exact) mass is 434 g/mol. The number of ether oxygens (including phenoxy) is 2. The molecule has 4 rings (SSSR count). The Morgan fingerprint density at radius 2 is 1.93 bits per heavy atom. The summed E-state index contributed by atoms with van der Waals surface area (Å²) in [6.07, 6.45) is 3.27. The molecule has 0 aliphatic heterocycles. The zero-order chi connectivity index (χ0) is 20.8. The van der Waals surface area contributed by atoms with E-state index in [0.717, 1.165) is 18.4 Å². The molecule has 3 aromatic rings. The topological polar surface area (TPSA) is 103 Å². The van der Waals surface area contributed by atoms with Crippen LogP contribution in [-0.2, 0) is 10.0 Å². The van der Waals surface area contributed by atoms with Gasteiger partial charge in [-0.25, -0.2) is 18.1 Å².